The molecule has 0 heterocycles. The summed E-state index contributed by atoms with van der Waals surface area (Å²) in [6.45, 7) is 0. The quantitative estimate of drug-likeness (QED) is 0.180. The molecule has 0 saturated heterocycles. The molecule has 22 N–H and O–H groups in total. The van der Waals surface area contributed by atoms with Gasteiger partial charge in [0, 0.05) is 0 Å². The van der Waals surface area contributed by atoms with E-state index in [9.17, 15) is 0 Å². The van der Waals surface area contributed by atoms with Crippen LogP contribution in [-0.2, 0) is 10.4 Å². The van der Waals surface area contributed by atoms with Gasteiger partial charge < -0.3 is 54.8 Å². The van der Waals surface area contributed by atoms with Gasteiger partial charge in [-0.25, -0.2) is 0 Å². The van der Waals surface area contributed by atoms with Gasteiger partial charge in [0.2, 0.25) is 0 Å². The van der Waals surface area contributed by atoms with E-state index in [1.54, 1.807) is 0 Å². The molecule has 0 rings (SSSR count). The summed E-state index contributed by atoms with van der Waals surface area (Å²) in [7, 11) is -4.67. The Morgan fingerprint density at radius 2 is 0.278 bits per heavy atom. The van der Waals surface area contributed by atoms with Crippen LogP contribution < -0.4 is 0 Å². The van der Waals surface area contributed by atoms with E-state index in [-0.39, 0.29) is 62.2 Å². The van der Waals surface area contributed by atoms with Gasteiger partial charge in [0.05, 0.1) is 0 Å². The average molecular weight is 754 g/mol. The van der Waals surface area contributed by atoms with Crippen molar-refractivity contribution in [1.82, 2.24) is 0 Å². The van der Waals surface area contributed by atoms with Crippen LogP contribution in [0.4, 0.5) is 0 Å². The zero-order valence-corrected chi connectivity index (χ0v) is 67.9. The van der Waals surface area contributed by atoms with E-state index in [4.69, 9.17) is 17.5 Å². The molecule has 0 spiro atoms. The van der Waals surface area contributed by atoms with E-state index >= 15 is 0 Å². The molecule has 0 aliphatic rings. The Morgan fingerprint density at radius 3 is 0.278 bits per heavy atom. The van der Waals surface area contributed by atoms with Gasteiger partial charge in [-0.15, -0.1) is 0 Å². The Labute approximate surface area is 504 Å². The first-order valence-electron chi connectivity index (χ1n) is 10.7. The van der Waals surface area contributed by atoms with Gasteiger partial charge in [-0.3, -0.25) is 9.11 Å². The Balaban J connectivity index is -0.00000000296. The summed E-state index contributed by atoms with van der Waals surface area (Å²) >= 11 is 28.9. The topological polar surface area (TPSA) is 390 Å². The van der Waals surface area contributed by atoms with Crippen LogP contribution in [0.25, 0.3) is 0 Å². The second-order valence-electron chi connectivity index (χ2n) is 0.448. The molecule has 0 unspecified atom stereocenters. The molecule has 0 aromatic carbocycles. The Hall–Kier alpha value is 19.5. The van der Waals surface area contributed by atoms with Crippen molar-refractivity contribution in [1.29, 1.82) is 0 Å². The molecule has 35 heteroatoms. The van der Waals surface area contributed by atoms with Gasteiger partial charge in [-0.1, -0.05) is 7.43 Å². The zero-order valence-electron chi connectivity index (χ0n) is 27.1. The summed E-state index contributed by atoms with van der Waals surface area (Å²) in [5, 5.41) is 0. The van der Waals surface area contributed by atoms with E-state index < -0.39 is 10.4 Å². The summed E-state index contributed by atoms with van der Waals surface area (Å²) < 4.78 is 31.6. The minimum atomic E-state index is -4.67. The Bertz CT molecular complexity index is 130. The van der Waals surface area contributed by atoms with Crippen molar-refractivity contribution < 1.29 is 72.3 Å². The molecule has 0 amide bonds. The van der Waals surface area contributed by atoms with Crippen LogP contribution in [0.3, 0.4) is 0 Å². The molecule has 0 saturated carbocycles. The first-order chi connectivity index (χ1) is 12.0. The van der Waals surface area contributed by atoms with Crippen molar-refractivity contribution in [3.8, 4) is 0 Å². The van der Waals surface area contributed by atoms with Gasteiger partial charge in [0.25, 0.3) is 0 Å². The van der Waals surface area contributed by atoms with Crippen LogP contribution >= 0.6 is 0 Å². The molecular weight excluding hydrogens is 728 g/mol. The second-order valence-corrected chi connectivity index (χ2v) is 1.34. The van der Waals surface area contributed by atoms with Crippen molar-refractivity contribution >= 4 is 447 Å². The Kier molecular flexibility index (Phi) is 980. The number of hydrogen-bond acceptors (Lipinski definition) is 2. The van der Waals surface area contributed by atoms with Crippen molar-refractivity contribution in [2.75, 3.05) is 0 Å². The van der Waals surface area contributed by atoms with E-state index in [0.29, 0.717) is 0 Å². The molecule has 0 aliphatic heterocycles. The first-order valence-corrected chi connectivity index (χ1v) is 92.1. The van der Waals surface area contributed by atoms with E-state index in [2.05, 4.69) is 0 Å². The average Bonchev–Trinajstić information content (AvgIpc) is 2.75. The summed E-state index contributed by atoms with van der Waals surface area (Å²) in [6.07, 6.45) is 0. The van der Waals surface area contributed by atoms with E-state index in [0.717, 1.165) is 0 Å². The van der Waals surface area contributed by atoms with Crippen LogP contribution in [0.1, 0.15) is 7.43 Å². The molecule has 140 valence electrons. The summed E-state index contributed by atoms with van der Waals surface area (Å²) in [4.78, 5) is 0. The third-order valence-corrected chi connectivity index (χ3v) is 0. The third-order valence-electron chi connectivity index (χ3n) is 0. The number of rotatable bonds is 0. The first kappa shape index (κ1) is 147. The van der Waals surface area contributed by atoms with Crippen LogP contribution in [0.2, 0.25) is 0 Å². The van der Waals surface area contributed by atoms with Crippen molar-refractivity contribution in [3.05, 3.63) is 0 Å². The van der Waals surface area contributed by atoms with Gasteiger partial charge >= 0.3 is 447 Å². The van der Waals surface area contributed by atoms with Gasteiger partial charge in [0.15, 0.2) is 0 Å². The maximum atomic E-state index is 8.74. The summed E-state index contributed by atoms with van der Waals surface area (Å²) in [6, 6.07) is 0. The maximum absolute atomic E-state index is 8.74. The minimum absolute atomic E-state index is 0. The molecule has 36 heavy (non-hydrogen) atoms. The SMILES string of the molecule is C.O.O.O.O.O.O.O.O.O.O.O=S(=O)(O)O.[Na][Na].[Na][Na].[Na][Na].[Na][Na].[Na][Na].[Na][Na].[Na][Na].[Na][Na].[Na][Na].[Na][Na]. The Morgan fingerprint density at radius 1 is 0.278 bits per heavy atom. The van der Waals surface area contributed by atoms with Gasteiger partial charge in [-0.2, -0.15) is 8.42 Å². The van der Waals surface area contributed by atoms with Gasteiger partial charge in [0.1, 0.15) is 0 Å². The predicted octanol–water partition coefficient (Wildman–Crippen LogP) is -15.9. The van der Waals surface area contributed by atoms with Crippen molar-refractivity contribution in [2.45, 2.75) is 7.43 Å². The normalized spacial score (nSPS) is 3.83. The van der Waals surface area contributed by atoms with Gasteiger partial charge in [-0.05, 0) is 0 Å². The van der Waals surface area contributed by atoms with Crippen LogP contribution in [-0.4, -0.2) is 508 Å². The standard InChI is InChI=1S/CH4.20Na.H2O4S.10H2O/c;;;;;;;;;;;;;;;;;;;;;1-5(2,3)4;;;;;;;;;;/h1H4;;;;;;;;;;;;;;;;;;;;;(H2,1,2,3,4);10*1H2. The van der Waals surface area contributed by atoms with Crippen molar-refractivity contribution in [3.63, 3.8) is 0 Å². The fourth-order valence-corrected chi connectivity index (χ4v) is 0. The molecular formula is CH26Na20O14S. The zero-order chi connectivity index (χ0) is 24.5. The molecule has 0 atom stereocenters. The summed E-state index contributed by atoms with van der Waals surface area (Å²) in [5.74, 6) is 0. The fourth-order valence-electron chi connectivity index (χ4n) is 0. The molecule has 0 aromatic heterocycles. The summed E-state index contributed by atoms with van der Waals surface area (Å²) in [5.41, 5.74) is 0. The molecule has 0 aliphatic carbocycles. The van der Waals surface area contributed by atoms with Crippen LogP contribution in [0.5, 0.6) is 0 Å². The van der Waals surface area contributed by atoms with E-state index in [1.165, 1.54) is 436 Å². The second kappa shape index (κ2) is 240. The molecule has 0 aromatic rings. The number of hydrogen-bond donors (Lipinski definition) is 2. The third kappa shape index (κ3) is 388. The van der Waals surface area contributed by atoms with E-state index in [1.807, 2.05) is 0 Å². The van der Waals surface area contributed by atoms with Crippen LogP contribution in [0, 0.1) is 0 Å². The van der Waals surface area contributed by atoms with Crippen LogP contribution in [0.15, 0.2) is 0 Å². The molecule has 0 fully saturated rings. The fraction of sp³-hybridized carbons (Fsp3) is 1.00. The predicted molar refractivity (Wildman–Crippen MR) is 172 cm³/mol. The monoisotopic (exact) mass is 754 g/mol. The molecule has 0 bridgehead atoms. The van der Waals surface area contributed by atoms with Crippen molar-refractivity contribution in [2.24, 2.45) is 0 Å². The molecule has 14 nitrogen and oxygen atoms in total. The molecule has 0 radical (unpaired) electrons.